The second kappa shape index (κ2) is 7.31. The number of barbiturate groups is 1. The van der Waals surface area contributed by atoms with Gasteiger partial charge in [0.1, 0.15) is 0 Å². The number of rotatable bonds is 1. The Morgan fingerprint density at radius 2 is 1.76 bits per heavy atom. The van der Waals surface area contributed by atoms with Crippen LogP contribution in [0.15, 0.2) is 48.5 Å². The predicted octanol–water partition coefficient (Wildman–Crippen LogP) is 2.65. The molecule has 10 heteroatoms. The second-order valence-corrected chi connectivity index (χ2v) is 8.70. The molecule has 1 N–H and O–H groups in total. The van der Waals surface area contributed by atoms with E-state index in [1.54, 1.807) is 30.3 Å². The number of imide groups is 2. The Hall–Kier alpha value is -3.40. The number of carbonyl (C=O) groups excluding carboxylic acids is 3. The summed E-state index contributed by atoms with van der Waals surface area (Å²) in [5, 5.41) is 2.30. The Bertz CT molecular complexity index is 1150. The lowest BCUT2D eigenvalue weighted by atomic mass is 9.67. The summed E-state index contributed by atoms with van der Waals surface area (Å²) in [6.45, 7) is 1.39. The van der Waals surface area contributed by atoms with Gasteiger partial charge < -0.3 is 9.80 Å². The number of alkyl halides is 3. The number of carbonyl (C=O) groups is 3. The van der Waals surface area contributed by atoms with E-state index in [-0.39, 0.29) is 17.7 Å². The number of halogens is 3. The zero-order valence-electron chi connectivity index (χ0n) is 17.7. The number of anilines is 2. The molecule has 2 fully saturated rings. The monoisotopic (exact) mass is 458 g/mol. The second-order valence-electron chi connectivity index (χ2n) is 8.70. The maximum absolute atomic E-state index is 14.0. The number of urea groups is 1. The third kappa shape index (κ3) is 3.19. The van der Waals surface area contributed by atoms with Crippen molar-refractivity contribution < 1.29 is 27.6 Å². The third-order valence-electron chi connectivity index (χ3n) is 6.77. The molecule has 3 aliphatic heterocycles. The molecule has 2 unspecified atom stereocenters. The fourth-order valence-corrected chi connectivity index (χ4v) is 5.15. The number of nitrogens with one attached hydrogen (secondary N) is 1. The van der Waals surface area contributed by atoms with E-state index in [0.717, 1.165) is 17.0 Å². The van der Waals surface area contributed by atoms with Crippen LogP contribution < -0.4 is 15.1 Å². The molecule has 33 heavy (non-hydrogen) atoms. The van der Waals surface area contributed by atoms with Crippen molar-refractivity contribution in [3.8, 4) is 0 Å². The largest absolute Gasteiger partial charge is 0.416 e. The average molecular weight is 458 g/mol. The van der Waals surface area contributed by atoms with E-state index in [9.17, 15) is 27.6 Å². The van der Waals surface area contributed by atoms with Crippen molar-refractivity contribution in [3.63, 3.8) is 0 Å². The first kappa shape index (κ1) is 21.4. The molecular weight excluding hydrogens is 437 g/mol. The number of hydrogen-bond acceptors (Lipinski definition) is 5. The fourth-order valence-electron chi connectivity index (χ4n) is 5.15. The summed E-state index contributed by atoms with van der Waals surface area (Å²) in [6.07, 6.45) is -4.80. The van der Waals surface area contributed by atoms with Crippen molar-refractivity contribution in [2.24, 2.45) is 5.41 Å². The molecule has 2 atom stereocenters. The zero-order chi connectivity index (χ0) is 23.5. The molecule has 3 heterocycles. The Morgan fingerprint density at radius 1 is 1.03 bits per heavy atom. The number of amides is 4. The van der Waals surface area contributed by atoms with Crippen LogP contribution in [0.5, 0.6) is 0 Å². The van der Waals surface area contributed by atoms with E-state index >= 15 is 0 Å². The molecule has 5 rings (SSSR count). The van der Waals surface area contributed by atoms with Crippen LogP contribution in [0.4, 0.5) is 29.3 Å². The Morgan fingerprint density at radius 3 is 2.45 bits per heavy atom. The normalized spacial score (nSPS) is 25.7. The molecule has 172 valence electrons. The highest BCUT2D eigenvalue weighted by atomic mass is 19.4. The van der Waals surface area contributed by atoms with E-state index in [0.29, 0.717) is 25.3 Å². The number of benzene rings is 2. The summed E-state index contributed by atoms with van der Waals surface area (Å²) in [5.41, 5.74) is -1.47. The Kier molecular flexibility index (Phi) is 4.75. The average Bonchev–Trinajstić information content (AvgIpc) is 2.77. The quantitative estimate of drug-likeness (QED) is 0.666. The summed E-state index contributed by atoms with van der Waals surface area (Å²) >= 11 is 0. The molecule has 2 aromatic rings. The predicted molar refractivity (Wildman–Crippen MR) is 114 cm³/mol. The number of para-hydroxylation sites is 1. The SMILES string of the molecule is CN1CCN2c3ccc(C(F)(F)F)cc3CC3(C(=O)NC(=O)N(c4ccccc4)C3=O)C2C1. The van der Waals surface area contributed by atoms with E-state index in [1.807, 2.05) is 16.8 Å². The van der Waals surface area contributed by atoms with Gasteiger partial charge in [-0.2, -0.15) is 13.2 Å². The molecular formula is C23H21F3N4O3. The van der Waals surface area contributed by atoms with Gasteiger partial charge in [0, 0.05) is 25.3 Å². The van der Waals surface area contributed by atoms with Gasteiger partial charge in [-0.15, -0.1) is 0 Å². The highest BCUT2D eigenvalue weighted by molar-refractivity contribution is 6.30. The first-order valence-corrected chi connectivity index (χ1v) is 10.5. The molecule has 2 saturated heterocycles. The van der Waals surface area contributed by atoms with E-state index in [2.05, 4.69) is 5.32 Å². The first-order valence-electron chi connectivity index (χ1n) is 10.5. The van der Waals surface area contributed by atoms with Crippen LogP contribution in [0.3, 0.4) is 0 Å². The minimum atomic E-state index is -4.56. The van der Waals surface area contributed by atoms with Gasteiger partial charge in [-0.25, -0.2) is 9.69 Å². The van der Waals surface area contributed by atoms with Crippen molar-refractivity contribution >= 4 is 29.2 Å². The molecule has 2 aromatic carbocycles. The van der Waals surface area contributed by atoms with Gasteiger partial charge >= 0.3 is 12.2 Å². The van der Waals surface area contributed by atoms with Crippen LogP contribution in [0.25, 0.3) is 0 Å². The van der Waals surface area contributed by atoms with Crippen LogP contribution in [-0.2, 0) is 22.2 Å². The van der Waals surface area contributed by atoms with E-state index in [4.69, 9.17) is 0 Å². The van der Waals surface area contributed by atoms with Crippen LogP contribution in [-0.4, -0.2) is 55.5 Å². The standard InChI is InChI=1S/C23H21F3N4O3/c1-28-9-10-29-17-8-7-15(23(24,25)26)11-14(17)12-22(18(29)13-28)19(31)27-21(33)30(20(22)32)16-5-3-2-4-6-16/h2-8,11,18H,9-10,12-13H2,1H3,(H,27,31,33). The number of piperazine rings is 1. The summed E-state index contributed by atoms with van der Waals surface area (Å²) < 4.78 is 40.3. The smallest absolute Gasteiger partial charge is 0.364 e. The lowest BCUT2D eigenvalue weighted by Crippen LogP contribution is -2.75. The van der Waals surface area contributed by atoms with Crippen molar-refractivity contribution in [1.82, 2.24) is 10.2 Å². The lowest BCUT2D eigenvalue weighted by Gasteiger charge is -2.55. The summed E-state index contributed by atoms with van der Waals surface area (Å²) in [6, 6.07) is 10.1. The summed E-state index contributed by atoms with van der Waals surface area (Å²) in [4.78, 5) is 44.8. The number of nitrogens with zero attached hydrogens (tertiary/aromatic N) is 3. The summed E-state index contributed by atoms with van der Waals surface area (Å²) in [7, 11) is 1.86. The Labute approximate surface area is 187 Å². The van der Waals surface area contributed by atoms with Gasteiger partial charge in [-0.05, 0) is 49.4 Å². The number of fused-ring (bicyclic) bond motifs is 4. The van der Waals surface area contributed by atoms with Crippen LogP contribution >= 0.6 is 0 Å². The molecule has 0 aliphatic carbocycles. The van der Waals surface area contributed by atoms with Crippen molar-refractivity contribution in [2.45, 2.75) is 18.6 Å². The van der Waals surface area contributed by atoms with Gasteiger partial charge in [0.2, 0.25) is 5.91 Å². The van der Waals surface area contributed by atoms with E-state index < -0.39 is 41.0 Å². The maximum Gasteiger partial charge on any atom is 0.416 e. The minimum absolute atomic E-state index is 0.234. The highest BCUT2D eigenvalue weighted by Crippen LogP contribution is 2.47. The van der Waals surface area contributed by atoms with Gasteiger partial charge in [0.25, 0.3) is 5.91 Å². The topological polar surface area (TPSA) is 73.0 Å². The molecule has 0 bridgehead atoms. The van der Waals surface area contributed by atoms with Gasteiger partial charge in [-0.3, -0.25) is 14.9 Å². The van der Waals surface area contributed by atoms with Crippen LogP contribution in [0, 0.1) is 5.41 Å². The maximum atomic E-state index is 14.0. The fraction of sp³-hybridized carbons (Fsp3) is 0.348. The molecule has 7 nitrogen and oxygen atoms in total. The van der Waals surface area contributed by atoms with E-state index in [1.165, 1.54) is 6.07 Å². The summed E-state index contributed by atoms with van der Waals surface area (Å²) in [5.74, 6) is -1.51. The van der Waals surface area contributed by atoms with Crippen LogP contribution in [0.1, 0.15) is 11.1 Å². The van der Waals surface area contributed by atoms with Gasteiger partial charge in [0.15, 0.2) is 5.41 Å². The van der Waals surface area contributed by atoms with Gasteiger partial charge in [-0.1, -0.05) is 18.2 Å². The molecule has 1 spiro atoms. The molecule has 0 aromatic heterocycles. The minimum Gasteiger partial charge on any atom is -0.364 e. The zero-order valence-corrected chi connectivity index (χ0v) is 17.7. The molecule has 0 radical (unpaired) electrons. The van der Waals surface area contributed by atoms with Crippen LogP contribution in [0.2, 0.25) is 0 Å². The highest BCUT2D eigenvalue weighted by Gasteiger charge is 2.63. The lowest BCUT2D eigenvalue weighted by molar-refractivity contribution is -0.145. The molecule has 3 aliphatic rings. The number of hydrogen-bond donors (Lipinski definition) is 1. The van der Waals surface area contributed by atoms with Gasteiger partial charge in [0.05, 0.1) is 17.3 Å². The van der Waals surface area contributed by atoms with Crippen molar-refractivity contribution in [2.75, 3.05) is 36.5 Å². The Balaban J connectivity index is 1.68. The number of likely N-dealkylation sites (N-methyl/N-ethyl adjacent to an activating group) is 1. The van der Waals surface area contributed by atoms with Crippen molar-refractivity contribution in [3.05, 3.63) is 59.7 Å². The third-order valence-corrected chi connectivity index (χ3v) is 6.77. The molecule has 4 amide bonds. The van der Waals surface area contributed by atoms with Crippen molar-refractivity contribution in [1.29, 1.82) is 0 Å². The first-order chi connectivity index (χ1) is 15.6. The molecule has 0 saturated carbocycles.